The van der Waals surface area contributed by atoms with Gasteiger partial charge in [-0.1, -0.05) is 24.3 Å². The maximum atomic E-state index is 12.2. The van der Waals surface area contributed by atoms with E-state index in [9.17, 15) is 9.90 Å². The van der Waals surface area contributed by atoms with Crippen LogP contribution in [0.15, 0.2) is 42.5 Å². The van der Waals surface area contributed by atoms with Crippen LogP contribution in [0.5, 0.6) is 17.2 Å². The lowest BCUT2D eigenvalue weighted by molar-refractivity contribution is -0.151. The third-order valence-corrected chi connectivity index (χ3v) is 5.67. The van der Waals surface area contributed by atoms with Crippen LogP contribution in [0.3, 0.4) is 0 Å². The highest BCUT2D eigenvalue weighted by molar-refractivity contribution is 5.78. The molecule has 4 rings (SSSR count). The van der Waals surface area contributed by atoms with Crippen LogP contribution in [-0.4, -0.2) is 49.9 Å². The van der Waals surface area contributed by atoms with Crippen molar-refractivity contribution in [3.8, 4) is 17.2 Å². The second-order valence-electron chi connectivity index (χ2n) is 7.20. The summed E-state index contributed by atoms with van der Waals surface area (Å²) in [5, 5.41) is 10.0. The van der Waals surface area contributed by atoms with E-state index in [-0.39, 0.29) is 12.5 Å². The molecule has 1 fully saturated rings. The van der Waals surface area contributed by atoms with Gasteiger partial charge in [-0.05, 0) is 29.3 Å². The van der Waals surface area contributed by atoms with Crippen molar-refractivity contribution in [3.05, 3.63) is 53.6 Å². The van der Waals surface area contributed by atoms with Crippen LogP contribution >= 0.6 is 0 Å². The lowest BCUT2D eigenvalue weighted by atomic mass is 9.73. The van der Waals surface area contributed by atoms with E-state index in [2.05, 4.69) is 4.90 Å². The van der Waals surface area contributed by atoms with Gasteiger partial charge in [0.25, 0.3) is 0 Å². The molecule has 0 bridgehead atoms. The van der Waals surface area contributed by atoms with Crippen molar-refractivity contribution in [2.45, 2.75) is 12.5 Å². The number of aliphatic carboxylic acids is 1. The zero-order chi connectivity index (χ0) is 19.0. The number of benzene rings is 2. The van der Waals surface area contributed by atoms with E-state index in [4.69, 9.17) is 14.2 Å². The molecule has 2 aliphatic heterocycles. The molecule has 2 heterocycles. The normalized spacial score (nSPS) is 23.9. The Hall–Kier alpha value is -2.73. The second kappa shape index (κ2) is 6.78. The molecule has 0 saturated carbocycles. The molecule has 2 aliphatic rings. The number of nitrogens with zero attached hydrogens (tertiary/aromatic N) is 1. The SMILES string of the molecule is COc1ccc(CN2C[C@@H]3c4ccccc4OC[C@]3(C(=O)O)C2)cc1OC. The first-order chi connectivity index (χ1) is 13.1. The second-order valence-corrected chi connectivity index (χ2v) is 7.20. The Morgan fingerprint density at radius 3 is 2.74 bits per heavy atom. The van der Waals surface area contributed by atoms with Crippen molar-refractivity contribution in [1.29, 1.82) is 0 Å². The number of rotatable bonds is 5. The first-order valence-electron chi connectivity index (χ1n) is 8.96. The summed E-state index contributed by atoms with van der Waals surface area (Å²) in [6.07, 6.45) is 0. The van der Waals surface area contributed by atoms with Gasteiger partial charge in [0.2, 0.25) is 0 Å². The van der Waals surface area contributed by atoms with Gasteiger partial charge in [-0.3, -0.25) is 9.69 Å². The van der Waals surface area contributed by atoms with Gasteiger partial charge in [0.05, 0.1) is 14.2 Å². The fraction of sp³-hybridized carbons (Fsp3) is 0.381. The van der Waals surface area contributed by atoms with Gasteiger partial charge in [0.15, 0.2) is 11.5 Å². The number of carboxylic acids is 1. The number of carbonyl (C=O) groups is 1. The van der Waals surface area contributed by atoms with Gasteiger partial charge in [-0.15, -0.1) is 0 Å². The molecule has 2 atom stereocenters. The molecule has 6 heteroatoms. The summed E-state index contributed by atoms with van der Waals surface area (Å²) in [6.45, 7) is 1.98. The van der Waals surface area contributed by atoms with Crippen LogP contribution in [0.2, 0.25) is 0 Å². The standard InChI is InChI=1S/C21H23NO5/c1-25-18-8-7-14(9-19(18)26-2)10-22-11-16-15-5-3-4-6-17(15)27-13-21(16,12-22)20(23)24/h3-9,16H,10-13H2,1-2H3,(H,23,24)/t16-,21-/m1/s1. The molecule has 6 nitrogen and oxygen atoms in total. The highest BCUT2D eigenvalue weighted by Gasteiger charge is 2.56. The highest BCUT2D eigenvalue weighted by atomic mass is 16.5. The number of fused-ring (bicyclic) bond motifs is 3. The zero-order valence-electron chi connectivity index (χ0n) is 15.5. The molecule has 0 aliphatic carbocycles. The van der Waals surface area contributed by atoms with Crippen LogP contribution in [0.4, 0.5) is 0 Å². The molecule has 0 spiro atoms. The van der Waals surface area contributed by atoms with E-state index in [0.29, 0.717) is 31.1 Å². The summed E-state index contributed by atoms with van der Waals surface area (Å²) in [4.78, 5) is 14.4. The quantitative estimate of drug-likeness (QED) is 0.874. The van der Waals surface area contributed by atoms with Gasteiger partial charge in [0.1, 0.15) is 17.8 Å². The molecular weight excluding hydrogens is 346 g/mol. The molecule has 0 aromatic heterocycles. The average molecular weight is 369 g/mol. The summed E-state index contributed by atoms with van der Waals surface area (Å²) >= 11 is 0. The maximum Gasteiger partial charge on any atom is 0.315 e. The van der Waals surface area contributed by atoms with Crippen molar-refractivity contribution in [3.63, 3.8) is 0 Å². The van der Waals surface area contributed by atoms with E-state index in [0.717, 1.165) is 16.9 Å². The molecule has 1 saturated heterocycles. The number of hydrogen-bond donors (Lipinski definition) is 1. The van der Waals surface area contributed by atoms with Crippen LogP contribution in [0.25, 0.3) is 0 Å². The van der Waals surface area contributed by atoms with E-state index in [1.165, 1.54) is 0 Å². The minimum absolute atomic E-state index is 0.0832. The van der Waals surface area contributed by atoms with Crippen molar-refractivity contribution in [2.75, 3.05) is 33.9 Å². The third-order valence-electron chi connectivity index (χ3n) is 5.67. The third kappa shape index (κ3) is 2.90. The van der Waals surface area contributed by atoms with Crippen LogP contribution < -0.4 is 14.2 Å². The van der Waals surface area contributed by atoms with Gasteiger partial charge < -0.3 is 19.3 Å². The lowest BCUT2D eigenvalue weighted by Gasteiger charge is -2.35. The Morgan fingerprint density at radius 2 is 2.00 bits per heavy atom. The number of carboxylic acid groups (broad SMARTS) is 1. The Kier molecular flexibility index (Phi) is 4.44. The van der Waals surface area contributed by atoms with Crippen LogP contribution in [0.1, 0.15) is 17.0 Å². The van der Waals surface area contributed by atoms with E-state index in [1.54, 1.807) is 14.2 Å². The van der Waals surface area contributed by atoms with Gasteiger partial charge in [-0.25, -0.2) is 0 Å². The molecule has 142 valence electrons. The number of para-hydroxylation sites is 1. The minimum atomic E-state index is -0.912. The summed E-state index contributed by atoms with van der Waals surface area (Å²) in [5.74, 6) is 1.28. The zero-order valence-corrected chi connectivity index (χ0v) is 15.5. The van der Waals surface area contributed by atoms with Gasteiger partial charge in [-0.2, -0.15) is 0 Å². The number of ether oxygens (including phenoxy) is 3. The topological polar surface area (TPSA) is 68.2 Å². The van der Waals surface area contributed by atoms with Crippen LogP contribution in [-0.2, 0) is 11.3 Å². The van der Waals surface area contributed by atoms with Crippen molar-refractivity contribution in [2.24, 2.45) is 5.41 Å². The van der Waals surface area contributed by atoms with Crippen molar-refractivity contribution < 1.29 is 24.1 Å². The predicted octanol–water partition coefficient (Wildman–Crippen LogP) is 2.77. The molecule has 0 unspecified atom stereocenters. The Labute approximate surface area is 158 Å². The average Bonchev–Trinajstić information content (AvgIpc) is 3.08. The number of methoxy groups -OCH3 is 2. The minimum Gasteiger partial charge on any atom is -0.493 e. The monoisotopic (exact) mass is 369 g/mol. The summed E-state index contributed by atoms with van der Waals surface area (Å²) in [6, 6.07) is 13.6. The first-order valence-corrected chi connectivity index (χ1v) is 8.96. The fourth-order valence-corrected chi connectivity index (χ4v) is 4.29. The summed E-state index contributed by atoms with van der Waals surface area (Å²) < 4.78 is 16.5. The molecular formula is C21H23NO5. The smallest absolute Gasteiger partial charge is 0.315 e. The number of hydrogen-bond acceptors (Lipinski definition) is 5. The van der Waals surface area contributed by atoms with Crippen LogP contribution in [0, 0.1) is 5.41 Å². The molecule has 27 heavy (non-hydrogen) atoms. The predicted molar refractivity (Wildman–Crippen MR) is 99.6 cm³/mol. The van der Waals surface area contributed by atoms with Gasteiger partial charge in [0, 0.05) is 25.6 Å². The fourth-order valence-electron chi connectivity index (χ4n) is 4.29. The summed E-state index contributed by atoms with van der Waals surface area (Å²) in [7, 11) is 3.22. The molecule has 1 N–H and O–H groups in total. The largest absolute Gasteiger partial charge is 0.493 e. The Bertz CT molecular complexity index is 867. The molecule has 2 aromatic carbocycles. The molecule has 0 radical (unpaired) electrons. The highest BCUT2D eigenvalue weighted by Crippen LogP contribution is 2.50. The Balaban J connectivity index is 1.61. The van der Waals surface area contributed by atoms with Crippen molar-refractivity contribution in [1.82, 2.24) is 4.90 Å². The van der Waals surface area contributed by atoms with E-state index >= 15 is 0 Å². The van der Waals surface area contributed by atoms with E-state index < -0.39 is 11.4 Å². The first kappa shape index (κ1) is 17.7. The molecule has 2 aromatic rings. The van der Waals surface area contributed by atoms with Gasteiger partial charge >= 0.3 is 5.97 Å². The number of likely N-dealkylation sites (tertiary alicyclic amines) is 1. The Morgan fingerprint density at radius 1 is 1.22 bits per heavy atom. The lowest BCUT2D eigenvalue weighted by Crippen LogP contribution is -2.45. The maximum absolute atomic E-state index is 12.2. The molecule has 0 amide bonds. The van der Waals surface area contributed by atoms with Crippen molar-refractivity contribution >= 4 is 5.97 Å². The summed E-state index contributed by atoms with van der Waals surface area (Å²) in [5.41, 5.74) is 1.13. The van der Waals surface area contributed by atoms with E-state index in [1.807, 2.05) is 42.5 Å².